The minimum absolute atomic E-state index is 0.0255. The van der Waals surface area contributed by atoms with Crippen LogP contribution < -0.4 is 10.0 Å². The highest BCUT2D eigenvalue weighted by molar-refractivity contribution is 7.99. The average molecular weight is 360 g/mol. The predicted octanol–water partition coefficient (Wildman–Crippen LogP) is 0.461. The van der Waals surface area contributed by atoms with Gasteiger partial charge in [0.1, 0.15) is 0 Å². The Morgan fingerprint density at radius 1 is 1.22 bits per heavy atom. The molecule has 0 spiro atoms. The molecule has 23 heavy (non-hydrogen) atoms. The highest BCUT2D eigenvalue weighted by Gasteiger charge is 2.10. The number of carbonyl (C=O) groups is 2. The van der Waals surface area contributed by atoms with Gasteiger partial charge in [-0.25, -0.2) is 13.1 Å². The zero-order valence-electron chi connectivity index (χ0n) is 12.7. The van der Waals surface area contributed by atoms with Crippen LogP contribution in [0.4, 0.5) is 0 Å². The van der Waals surface area contributed by atoms with Crippen LogP contribution in [0.5, 0.6) is 0 Å². The van der Waals surface area contributed by atoms with E-state index in [1.54, 1.807) is 12.1 Å². The molecule has 1 amide bonds. The van der Waals surface area contributed by atoms with Crippen molar-refractivity contribution in [3.8, 4) is 0 Å². The number of carbonyl (C=O) groups excluding carboxylic acids is 1. The van der Waals surface area contributed by atoms with Crippen molar-refractivity contribution in [1.29, 1.82) is 0 Å². The monoisotopic (exact) mass is 360 g/mol. The SMILES string of the molecule is CNS(=O)(=O)c1ccc(CCC(=O)NCCSCC(=O)O)cc1. The van der Waals surface area contributed by atoms with Crippen LogP contribution in [-0.2, 0) is 26.0 Å². The number of benzene rings is 1. The van der Waals surface area contributed by atoms with Crippen molar-refractivity contribution < 1.29 is 23.1 Å². The summed E-state index contributed by atoms with van der Waals surface area (Å²) in [6.07, 6.45) is 0.801. The largest absolute Gasteiger partial charge is 0.481 e. The van der Waals surface area contributed by atoms with Crippen LogP contribution >= 0.6 is 11.8 Å². The standard InChI is InChI=1S/C14H20N2O5S2/c1-15-23(20,21)12-5-2-11(3-6-12)4-7-13(17)16-8-9-22-10-14(18)19/h2-3,5-6,15H,4,7-10H2,1H3,(H,16,17)(H,18,19). The first kappa shape index (κ1) is 19.5. The Hall–Kier alpha value is -1.58. The van der Waals surface area contributed by atoms with Gasteiger partial charge in [0.05, 0.1) is 10.6 Å². The molecule has 0 radical (unpaired) electrons. The van der Waals surface area contributed by atoms with Crippen LogP contribution in [0.15, 0.2) is 29.2 Å². The minimum Gasteiger partial charge on any atom is -0.481 e. The summed E-state index contributed by atoms with van der Waals surface area (Å²) >= 11 is 1.25. The Labute approximate surface area is 139 Å². The average Bonchev–Trinajstić information content (AvgIpc) is 2.52. The molecule has 0 aliphatic heterocycles. The molecule has 128 valence electrons. The van der Waals surface area contributed by atoms with Crippen molar-refractivity contribution in [2.75, 3.05) is 25.1 Å². The number of carboxylic acids is 1. The van der Waals surface area contributed by atoms with Gasteiger partial charge in [0.2, 0.25) is 15.9 Å². The topological polar surface area (TPSA) is 113 Å². The molecule has 1 aromatic rings. The van der Waals surface area contributed by atoms with Crippen molar-refractivity contribution in [2.45, 2.75) is 17.7 Å². The van der Waals surface area contributed by atoms with Crippen LogP contribution in [-0.4, -0.2) is 50.5 Å². The Morgan fingerprint density at radius 2 is 1.87 bits per heavy atom. The lowest BCUT2D eigenvalue weighted by Crippen LogP contribution is -2.26. The van der Waals surface area contributed by atoms with Crippen LogP contribution in [0.3, 0.4) is 0 Å². The molecule has 1 rings (SSSR count). The molecule has 0 unspecified atom stereocenters. The van der Waals surface area contributed by atoms with Crippen molar-refractivity contribution in [3.05, 3.63) is 29.8 Å². The summed E-state index contributed by atoms with van der Waals surface area (Å²) in [5.41, 5.74) is 0.871. The molecule has 0 heterocycles. The Bertz CT molecular complexity index is 629. The second-order valence-corrected chi connectivity index (χ2v) is 7.64. The first-order chi connectivity index (χ1) is 10.8. The van der Waals surface area contributed by atoms with Gasteiger partial charge in [-0.05, 0) is 31.2 Å². The second kappa shape index (κ2) is 9.53. The van der Waals surface area contributed by atoms with Crippen molar-refractivity contribution in [2.24, 2.45) is 0 Å². The summed E-state index contributed by atoms with van der Waals surface area (Å²) < 4.78 is 25.4. The number of hydrogen-bond acceptors (Lipinski definition) is 5. The first-order valence-corrected chi connectivity index (χ1v) is 9.57. The highest BCUT2D eigenvalue weighted by Crippen LogP contribution is 2.11. The Morgan fingerprint density at radius 3 is 2.43 bits per heavy atom. The van der Waals surface area contributed by atoms with Gasteiger partial charge < -0.3 is 10.4 Å². The number of carboxylic acid groups (broad SMARTS) is 1. The fourth-order valence-electron chi connectivity index (χ4n) is 1.72. The molecule has 3 N–H and O–H groups in total. The molecule has 0 saturated carbocycles. The predicted molar refractivity (Wildman–Crippen MR) is 89.0 cm³/mol. The van der Waals surface area contributed by atoms with E-state index < -0.39 is 16.0 Å². The first-order valence-electron chi connectivity index (χ1n) is 6.94. The van der Waals surface area contributed by atoms with Gasteiger partial charge in [-0.2, -0.15) is 0 Å². The van der Waals surface area contributed by atoms with Crippen molar-refractivity contribution >= 4 is 33.7 Å². The van der Waals surface area contributed by atoms with E-state index >= 15 is 0 Å². The molecular formula is C14H20N2O5S2. The summed E-state index contributed by atoms with van der Waals surface area (Å²) in [6.45, 7) is 0.427. The third-order valence-corrected chi connectivity index (χ3v) is 5.31. The van der Waals surface area contributed by atoms with Gasteiger partial charge in [0.15, 0.2) is 0 Å². The number of sulfonamides is 1. The van der Waals surface area contributed by atoms with E-state index in [0.717, 1.165) is 5.56 Å². The van der Waals surface area contributed by atoms with E-state index in [9.17, 15) is 18.0 Å². The Balaban J connectivity index is 2.32. The highest BCUT2D eigenvalue weighted by atomic mass is 32.2. The van der Waals surface area contributed by atoms with Crippen molar-refractivity contribution in [3.63, 3.8) is 0 Å². The number of nitrogens with one attached hydrogen (secondary N) is 2. The molecule has 1 aromatic carbocycles. The molecule has 0 aromatic heterocycles. The van der Waals surface area contributed by atoms with Crippen LogP contribution in [0.2, 0.25) is 0 Å². The zero-order valence-corrected chi connectivity index (χ0v) is 14.4. The summed E-state index contributed by atoms with van der Waals surface area (Å²) in [5.74, 6) is -0.412. The number of aliphatic carboxylic acids is 1. The molecule has 0 atom stereocenters. The normalized spacial score (nSPS) is 11.2. The molecule has 9 heteroatoms. The van der Waals surface area contributed by atoms with Crippen LogP contribution in [0.25, 0.3) is 0 Å². The molecule has 0 fully saturated rings. The molecule has 0 aliphatic rings. The van der Waals surface area contributed by atoms with E-state index in [1.165, 1.54) is 30.9 Å². The lowest BCUT2D eigenvalue weighted by Gasteiger charge is -2.06. The number of thioether (sulfide) groups is 1. The second-order valence-electron chi connectivity index (χ2n) is 4.65. The fraction of sp³-hybridized carbons (Fsp3) is 0.429. The molecule has 0 aliphatic carbocycles. The van der Waals surface area contributed by atoms with Gasteiger partial charge in [0, 0.05) is 18.7 Å². The third kappa shape index (κ3) is 7.49. The van der Waals surface area contributed by atoms with Gasteiger partial charge in [-0.3, -0.25) is 9.59 Å². The number of aryl methyl sites for hydroxylation is 1. The fourth-order valence-corrected chi connectivity index (χ4v) is 3.02. The molecule has 0 saturated heterocycles. The van der Waals surface area contributed by atoms with Crippen molar-refractivity contribution in [1.82, 2.24) is 10.0 Å². The van der Waals surface area contributed by atoms with Gasteiger partial charge >= 0.3 is 5.97 Å². The van der Waals surface area contributed by atoms with Gasteiger partial charge in [0.25, 0.3) is 0 Å². The van der Waals surface area contributed by atoms with E-state index in [4.69, 9.17) is 5.11 Å². The van der Waals surface area contributed by atoms with Crippen LogP contribution in [0.1, 0.15) is 12.0 Å². The molecular weight excluding hydrogens is 340 g/mol. The zero-order chi connectivity index (χ0) is 17.3. The third-order valence-electron chi connectivity index (χ3n) is 2.94. The van der Waals surface area contributed by atoms with Crippen LogP contribution in [0, 0.1) is 0 Å². The number of amides is 1. The summed E-state index contributed by atoms with van der Waals surface area (Å²) in [4.78, 5) is 22.1. The van der Waals surface area contributed by atoms with E-state index in [0.29, 0.717) is 25.1 Å². The quantitative estimate of drug-likeness (QED) is 0.523. The molecule has 7 nitrogen and oxygen atoms in total. The maximum absolute atomic E-state index is 11.6. The summed E-state index contributed by atoms with van der Waals surface area (Å²) in [5, 5.41) is 11.2. The lowest BCUT2D eigenvalue weighted by atomic mass is 10.1. The summed E-state index contributed by atoms with van der Waals surface area (Å²) in [7, 11) is -2.09. The molecule has 0 bridgehead atoms. The summed E-state index contributed by atoms with van der Waals surface area (Å²) in [6, 6.07) is 6.36. The Kier molecular flexibility index (Phi) is 8.07. The lowest BCUT2D eigenvalue weighted by molar-refractivity contribution is -0.133. The van der Waals surface area contributed by atoms with Gasteiger partial charge in [-0.15, -0.1) is 11.8 Å². The minimum atomic E-state index is -3.44. The van der Waals surface area contributed by atoms with Gasteiger partial charge in [-0.1, -0.05) is 12.1 Å². The smallest absolute Gasteiger partial charge is 0.313 e. The van der Waals surface area contributed by atoms with E-state index in [-0.39, 0.29) is 16.6 Å². The number of rotatable bonds is 10. The van der Waals surface area contributed by atoms with E-state index in [1.807, 2.05) is 0 Å². The number of hydrogen-bond donors (Lipinski definition) is 3. The van der Waals surface area contributed by atoms with E-state index in [2.05, 4.69) is 10.0 Å². The maximum Gasteiger partial charge on any atom is 0.313 e. The maximum atomic E-state index is 11.6.